The predicted molar refractivity (Wildman–Crippen MR) is 130 cm³/mol. The van der Waals surface area contributed by atoms with Gasteiger partial charge in [-0.05, 0) is 55.7 Å². The molecule has 3 amide bonds. The summed E-state index contributed by atoms with van der Waals surface area (Å²) in [5.74, 6) is -1.44. The van der Waals surface area contributed by atoms with E-state index in [0.29, 0.717) is 5.92 Å². The van der Waals surface area contributed by atoms with E-state index in [-0.39, 0.29) is 22.8 Å². The van der Waals surface area contributed by atoms with Crippen LogP contribution in [0.1, 0.15) is 32.6 Å². The maximum atomic E-state index is 12.9. The van der Waals surface area contributed by atoms with Crippen molar-refractivity contribution in [3.8, 4) is 5.75 Å². The zero-order chi connectivity index (χ0) is 27.4. The van der Waals surface area contributed by atoms with Gasteiger partial charge >= 0.3 is 18.2 Å². The third kappa shape index (κ3) is 5.94. The van der Waals surface area contributed by atoms with Crippen LogP contribution in [0.2, 0.25) is 0 Å². The van der Waals surface area contributed by atoms with Gasteiger partial charge in [0, 0.05) is 45.0 Å². The summed E-state index contributed by atoms with van der Waals surface area (Å²) in [6, 6.07) is 7.38. The zero-order valence-electron chi connectivity index (χ0n) is 21.4. The molecule has 12 heteroatoms. The number of carboxylic acid groups (broad SMARTS) is 1. The third-order valence-corrected chi connectivity index (χ3v) is 8.16. The fourth-order valence-electron chi connectivity index (χ4n) is 6.18. The number of anilines is 1. The average molecular weight is 529 g/mol. The van der Waals surface area contributed by atoms with Crippen molar-refractivity contribution in [1.82, 2.24) is 15.1 Å². The molecule has 1 saturated carbocycles. The summed E-state index contributed by atoms with van der Waals surface area (Å²) < 4.78 is 37.0. The number of halogens is 3. The summed E-state index contributed by atoms with van der Waals surface area (Å²) in [5.41, 5.74) is 0.660. The number of piperidine rings is 1. The number of alkyl halides is 3. The summed E-state index contributed by atoms with van der Waals surface area (Å²) >= 11 is 0. The summed E-state index contributed by atoms with van der Waals surface area (Å²) in [6.45, 7) is 6.51. The predicted octanol–water partition coefficient (Wildman–Crippen LogP) is 3.42. The number of likely N-dealkylation sites (tertiary alicyclic amines) is 2. The molecule has 1 spiro atoms. The van der Waals surface area contributed by atoms with Crippen molar-refractivity contribution in [3.63, 3.8) is 0 Å². The number of hydrogen-bond acceptors (Lipinski definition) is 5. The van der Waals surface area contributed by atoms with Crippen molar-refractivity contribution in [2.45, 2.75) is 38.8 Å². The third-order valence-electron chi connectivity index (χ3n) is 8.16. The standard InChI is InChI=1S/C23H34N4O3.C2HF3O2/c1-4-26-15-19-22(8-9-23(19,16-26)20(28)24-2)10-12-27(13-11-22)21(29)25-17-6-5-7-18(14-17)30-3;3-2(4,5)1(6)7/h5-7,14,19H,4,8-13,15-16H2,1-3H3,(H,24,28)(H,25,29);(H,6,7)/t19-,23+;/m0./s1. The van der Waals surface area contributed by atoms with Crippen LogP contribution in [0.25, 0.3) is 0 Å². The van der Waals surface area contributed by atoms with Crippen LogP contribution < -0.4 is 15.4 Å². The second-order valence-electron chi connectivity index (χ2n) is 9.93. The molecule has 2 saturated heterocycles. The lowest BCUT2D eigenvalue weighted by Crippen LogP contribution is -2.50. The fraction of sp³-hybridized carbons (Fsp3) is 0.640. The summed E-state index contributed by atoms with van der Waals surface area (Å²) in [5, 5.41) is 13.1. The van der Waals surface area contributed by atoms with E-state index in [2.05, 4.69) is 22.5 Å². The number of methoxy groups -OCH3 is 1. The Bertz CT molecular complexity index is 997. The van der Waals surface area contributed by atoms with Crippen molar-refractivity contribution in [2.75, 3.05) is 52.2 Å². The minimum atomic E-state index is -5.08. The Hall–Kier alpha value is -3.02. The molecule has 2 heterocycles. The number of carbonyl (C=O) groups excluding carboxylic acids is 2. The van der Waals surface area contributed by atoms with E-state index in [1.54, 1.807) is 14.2 Å². The Labute approximate surface area is 214 Å². The number of nitrogens with zero attached hydrogens (tertiary/aromatic N) is 2. The van der Waals surface area contributed by atoms with Gasteiger partial charge in [0.25, 0.3) is 0 Å². The molecule has 2 atom stereocenters. The second kappa shape index (κ2) is 11.2. The van der Waals surface area contributed by atoms with E-state index in [9.17, 15) is 22.8 Å². The SMILES string of the molecule is CCN1C[C@H]2C3(CCN(C(=O)Nc4cccc(OC)c4)CC3)CC[C@@]2(C(=O)NC)C1.O=C(O)C(F)(F)F. The van der Waals surface area contributed by atoms with Crippen LogP contribution >= 0.6 is 0 Å². The molecule has 2 aliphatic heterocycles. The normalized spacial score (nSPS) is 24.6. The number of carboxylic acids is 1. The van der Waals surface area contributed by atoms with Crippen molar-refractivity contribution in [2.24, 2.45) is 16.7 Å². The van der Waals surface area contributed by atoms with Gasteiger partial charge in [0.2, 0.25) is 5.91 Å². The first-order chi connectivity index (χ1) is 17.4. The fourth-order valence-corrected chi connectivity index (χ4v) is 6.18. The van der Waals surface area contributed by atoms with Gasteiger partial charge in [-0.2, -0.15) is 13.2 Å². The van der Waals surface area contributed by atoms with E-state index >= 15 is 0 Å². The number of nitrogens with one attached hydrogen (secondary N) is 2. The molecule has 1 aliphatic carbocycles. The van der Waals surface area contributed by atoms with Gasteiger partial charge < -0.3 is 30.3 Å². The lowest BCUT2D eigenvalue weighted by molar-refractivity contribution is -0.192. The van der Waals surface area contributed by atoms with Crippen LogP contribution in [-0.4, -0.2) is 85.9 Å². The molecule has 1 aromatic rings. The first-order valence-corrected chi connectivity index (χ1v) is 12.4. The molecule has 3 fully saturated rings. The van der Waals surface area contributed by atoms with Crippen molar-refractivity contribution < 1.29 is 37.4 Å². The van der Waals surface area contributed by atoms with Gasteiger partial charge in [-0.25, -0.2) is 9.59 Å². The average Bonchev–Trinajstić information content (AvgIpc) is 3.40. The van der Waals surface area contributed by atoms with Crippen LogP contribution in [0, 0.1) is 16.7 Å². The van der Waals surface area contributed by atoms with Gasteiger partial charge in [-0.1, -0.05) is 13.0 Å². The zero-order valence-corrected chi connectivity index (χ0v) is 21.4. The largest absolute Gasteiger partial charge is 0.497 e. The number of aliphatic carboxylic acids is 1. The van der Waals surface area contributed by atoms with Gasteiger partial charge in [-0.3, -0.25) is 4.79 Å². The Morgan fingerprint density at radius 1 is 1.16 bits per heavy atom. The number of benzene rings is 1. The van der Waals surface area contributed by atoms with Gasteiger partial charge in [0.15, 0.2) is 0 Å². The highest BCUT2D eigenvalue weighted by atomic mass is 19.4. The van der Waals surface area contributed by atoms with Crippen LogP contribution in [0.5, 0.6) is 5.75 Å². The minimum absolute atomic E-state index is 0.0599. The number of carbonyl (C=O) groups is 3. The van der Waals surface area contributed by atoms with Crippen molar-refractivity contribution in [3.05, 3.63) is 24.3 Å². The number of ether oxygens (including phenoxy) is 1. The highest BCUT2D eigenvalue weighted by molar-refractivity contribution is 5.89. The summed E-state index contributed by atoms with van der Waals surface area (Å²) in [4.78, 5) is 39.0. The molecule has 0 aromatic heterocycles. The number of hydrogen-bond donors (Lipinski definition) is 3. The maximum Gasteiger partial charge on any atom is 0.490 e. The smallest absolute Gasteiger partial charge is 0.490 e. The Kier molecular flexibility index (Phi) is 8.61. The quantitative estimate of drug-likeness (QED) is 0.552. The molecule has 37 heavy (non-hydrogen) atoms. The Balaban J connectivity index is 0.000000479. The molecule has 0 radical (unpaired) electrons. The van der Waals surface area contributed by atoms with E-state index in [1.165, 1.54) is 0 Å². The van der Waals surface area contributed by atoms with Crippen molar-refractivity contribution >= 4 is 23.6 Å². The topological polar surface area (TPSA) is 111 Å². The number of urea groups is 1. The Morgan fingerprint density at radius 2 is 1.81 bits per heavy atom. The molecule has 0 bridgehead atoms. The molecular weight excluding hydrogens is 493 g/mol. The first-order valence-electron chi connectivity index (χ1n) is 12.4. The minimum Gasteiger partial charge on any atom is -0.497 e. The second-order valence-corrected chi connectivity index (χ2v) is 9.93. The highest BCUT2D eigenvalue weighted by Gasteiger charge is 2.63. The van der Waals surface area contributed by atoms with Gasteiger partial charge in [-0.15, -0.1) is 0 Å². The van der Waals surface area contributed by atoms with E-state index in [0.717, 1.165) is 69.8 Å². The van der Waals surface area contributed by atoms with E-state index < -0.39 is 12.1 Å². The lowest BCUT2D eigenvalue weighted by atomic mass is 9.65. The number of amides is 3. The molecule has 206 valence electrons. The molecule has 3 aliphatic rings. The van der Waals surface area contributed by atoms with Crippen LogP contribution in [-0.2, 0) is 9.59 Å². The van der Waals surface area contributed by atoms with Crippen molar-refractivity contribution in [1.29, 1.82) is 0 Å². The lowest BCUT2D eigenvalue weighted by Gasteiger charge is -2.44. The van der Waals surface area contributed by atoms with Crippen LogP contribution in [0.3, 0.4) is 0 Å². The van der Waals surface area contributed by atoms with Crippen LogP contribution in [0.15, 0.2) is 24.3 Å². The van der Waals surface area contributed by atoms with E-state index in [4.69, 9.17) is 14.6 Å². The van der Waals surface area contributed by atoms with Gasteiger partial charge in [0.05, 0.1) is 12.5 Å². The van der Waals surface area contributed by atoms with Crippen LogP contribution in [0.4, 0.5) is 23.7 Å². The molecule has 0 unspecified atom stereocenters. The summed E-state index contributed by atoms with van der Waals surface area (Å²) in [6.07, 6.45) is -1.09. The molecule has 1 aromatic carbocycles. The maximum absolute atomic E-state index is 12.9. The summed E-state index contributed by atoms with van der Waals surface area (Å²) in [7, 11) is 3.38. The molecule has 3 N–H and O–H groups in total. The first kappa shape index (κ1) is 28.5. The number of fused-ring (bicyclic) bond motifs is 2. The molecule has 4 rings (SSSR count). The number of rotatable bonds is 4. The molecule has 9 nitrogen and oxygen atoms in total. The van der Waals surface area contributed by atoms with Gasteiger partial charge in [0.1, 0.15) is 5.75 Å². The Morgan fingerprint density at radius 3 is 2.35 bits per heavy atom. The van der Waals surface area contributed by atoms with E-state index in [1.807, 2.05) is 29.2 Å². The monoisotopic (exact) mass is 528 g/mol. The highest BCUT2D eigenvalue weighted by Crippen LogP contribution is 2.62. The molecular formula is C25H35F3N4O5.